The summed E-state index contributed by atoms with van der Waals surface area (Å²) in [6, 6.07) is 6.45. The topological polar surface area (TPSA) is 40.5 Å². The second-order valence-electron chi connectivity index (χ2n) is 4.74. The number of thiazole rings is 1. The van der Waals surface area contributed by atoms with Gasteiger partial charge in [-0.05, 0) is 24.6 Å². The number of nitrogens with one attached hydrogen (secondary N) is 1. The Kier molecular flexibility index (Phi) is 5.27. The first kappa shape index (κ1) is 15.4. The van der Waals surface area contributed by atoms with Crippen LogP contribution in [0, 0.1) is 12.7 Å². The van der Waals surface area contributed by atoms with Gasteiger partial charge in [-0.15, -0.1) is 11.3 Å². The van der Waals surface area contributed by atoms with Crippen LogP contribution in [0.3, 0.4) is 0 Å². The number of hydrogen-bond donors (Lipinski definition) is 1. The van der Waals surface area contributed by atoms with Crippen molar-refractivity contribution in [2.75, 3.05) is 14.1 Å². The molecule has 0 amide bonds. The van der Waals surface area contributed by atoms with E-state index in [4.69, 9.17) is 0 Å². The molecule has 0 aliphatic heterocycles. The van der Waals surface area contributed by atoms with Gasteiger partial charge < -0.3 is 10.2 Å². The maximum absolute atomic E-state index is 12.9. The van der Waals surface area contributed by atoms with E-state index in [-0.39, 0.29) is 5.82 Å². The van der Waals surface area contributed by atoms with E-state index in [2.05, 4.69) is 20.7 Å². The molecule has 1 aromatic carbocycles. The normalized spacial score (nSPS) is 11.5. The van der Waals surface area contributed by atoms with Crippen molar-refractivity contribution >= 4 is 17.3 Å². The highest BCUT2D eigenvalue weighted by Crippen LogP contribution is 2.10. The molecule has 0 saturated heterocycles. The molecule has 21 heavy (non-hydrogen) atoms. The van der Waals surface area contributed by atoms with Gasteiger partial charge in [-0.2, -0.15) is 0 Å². The molecule has 4 nitrogen and oxygen atoms in total. The highest BCUT2D eigenvalue weighted by atomic mass is 32.1. The molecule has 1 heterocycles. The monoisotopic (exact) mass is 306 g/mol. The molecule has 0 atom stereocenters. The highest BCUT2D eigenvalue weighted by molar-refractivity contribution is 7.09. The lowest BCUT2D eigenvalue weighted by Gasteiger charge is -2.21. The molecule has 1 N–H and O–H groups in total. The maximum atomic E-state index is 12.9. The minimum absolute atomic E-state index is 0.223. The number of guanidine groups is 1. The van der Waals surface area contributed by atoms with Crippen molar-refractivity contribution in [3.8, 4) is 0 Å². The van der Waals surface area contributed by atoms with Crippen molar-refractivity contribution in [3.63, 3.8) is 0 Å². The van der Waals surface area contributed by atoms with Gasteiger partial charge in [0.1, 0.15) is 5.82 Å². The molecule has 0 radical (unpaired) electrons. The molecule has 1 aromatic heterocycles. The van der Waals surface area contributed by atoms with Gasteiger partial charge in [0, 0.05) is 26.0 Å². The van der Waals surface area contributed by atoms with Gasteiger partial charge in [-0.3, -0.25) is 4.99 Å². The molecule has 0 saturated carbocycles. The Balaban J connectivity index is 1.91. The van der Waals surface area contributed by atoms with Crippen LogP contribution >= 0.6 is 11.3 Å². The van der Waals surface area contributed by atoms with Crippen LogP contribution in [-0.2, 0) is 13.1 Å². The van der Waals surface area contributed by atoms with Crippen LogP contribution in [0.2, 0.25) is 0 Å². The molecule has 0 spiro atoms. The van der Waals surface area contributed by atoms with E-state index in [1.54, 1.807) is 30.5 Å². The molecule has 2 rings (SSSR count). The SMILES string of the molecule is CN=C(NCc1ccc(F)cc1)N(C)Cc1csc(C)n1. The van der Waals surface area contributed by atoms with E-state index in [1.807, 2.05) is 18.9 Å². The third-order valence-electron chi connectivity index (χ3n) is 3.00. The summed E-state index contributed by atoms with van der Waals surface area (Å²) in [5.74, 6) is 0.559. The third-order valence-corrected chi connectivity index (χ3v) is 3.83. The van der Waals surface area contributed by atoms with Crippen molar-refractivity contribution in [2.24, 2.45) is 4.99 Å². The number of hydrogen-bond acceptors (Lipinski definition) is 3. The van der Waals surface area contributed by atoms with E-state index in [0.717, 1.165) is 22.2 Å². The molecule has 112 valence electrons. The zero-order valence-electron chi connectivity index (χ0n) is 12.4. The first-order chi connectivity index (χ1) is 10.1. The number of aromatic nitrogens is 1. The lowest BCUT2D eigenvalue weighted by Crippen LogP contribution is -2.38. The predicted molar refractivity (Wildman–Crippen MR) is 84.9 cm³/mol. The molecular formula is C15H19FN4S. The van der Waals surface area contributed by atoms with E-state index < -0.39 is 0 Å². The standard InChI is InChI=1S/C15H19FN4S/c1-11-19-14(10-21-11)9-20(3)15(17-2)18-8-12-4-6-13(16)7-5-12/h4-7,10H,8-9H2,1-3H3,(H,17,18). The minimum Gasteiger partial charge on any atom is -0.352 e. The number of nitrogens with zero attached hydrogens (tertiary/aromatic N) is 3. The van der Waals surface area contributed by atoms with Crippen molar-refractivity contribution in [1.82, 2.24) is 15.2 Å². The number of aliphatic imine (C=N–C) groups is 1. The number of aryl methyl sites for hydroxylation is 1. The van der Waals surface area contributed by atoms with Crippen LogP contribution < -0.4 is 5.32 Å². The number of benzene rings is 1. The zero-order chi connectivity index (χ0) is 15.2. The predicted octanol–water partition coefficient (Wildman–Crippen LogP) is 2.80. The molecule has 0 aliphatic rings. The summed E-state index contributed by atoms with van der Waals surface area (Å²) in [5, 5.41) is 6.38. The van der Waals surface area contributed by atoms with Crippen LogP contribution in [0.4, 0.5) is 4.39 Å². The van der Waals surface area contributed by atoms with Crippen LogP contribution in [0.5, 0.6) is 0 Å². The Hall–Kier alpha value is -1.95. The van der Waals surface area contributed by atoms with Crippen molar-refractivity contribution in [1.29, 1.82) is 0 Å². The molecule has 2 aromatic rings. The fourth-order valence-electron chi connectivity index (χ4n) is 1.97. The smallest absolute Gasteiger partial charge is 0.194 e. The van der Waals surface area contributed by atoms with Gasteiger partial charge in [-0.1, -0.05) is 12.1 Å². The van der Waals surface area contributed by atoms with Gasteiger partial charge in [0.25, 0.3) is 0 Å². The first-order valence-electron chi connectivity index (χ1n) is 6.65. The lowest BCUT2D eigenvalue weighted by molar-refractivity contribution is 0.470. The maximum Gasteiger partial charge on any atom is 0.194 e. The first-order valence-corrected chi connectivity index (χ1v) is 7.53. The van der Waals surface area contributed by atoms with Gasteiger partial charge in [0.2, 0.25) is 0 Å². The molecular weight excluding hydrogens is 287 g/mol. The van der Waals surface area contributed by atoms with Crippen LogP contribution in [0.25, 0.3) is 0 Å². The molecule has 0 fully saturated rings. The fraction of sp³-hybridized carbons (Fsp3) is 0.333. The Morgan fingerprint density at radius 1 is 1.38 bits per heavy atom. The average molecular weight is 306 g/mol. The molecule has 0 aliphatic carbocycles. The van der Waals surface area contributed by atoms with Crippen LogP contribution in [0.15, 0.2) is 34.6 Å². The second-order valence-corrected chi connectivity index (χ2v) is 5.80. The second kappa shape index (κ2) is 7.17. The minimum atomic E-state index is -0.223. The van der Waals surface area contributed by atoms with Crippen LogP contribution in [-0.4, -0.2) is 29.9 Å². The summed E-state index contributed by atoms with van der Waals surface area (Å²) in [6.45, 7) is 3.30. The quantitative estimate of drug-likeness (QED) is 0.697. The summed E-state index contributed by atoms with van der Waals surface area (Å²) in [5.41, 5.74) is 2.04. The van der Waals surface area contributed by atoms with Crippen molar-refractivity contribution in [3.05, 3.63) is 51.7 Å². The van der Waals surface area contributed by atoms with Gasteiger partial charge in [0.05, 0.1) is 17.2 Å². The van der Waals surface area contributed by atoms with E-state index in [1.165, 1.54) is 12.1 Å². The molecule has 0 unspecified atom stereocenters. The lowest BCUT2D eigenvalue weighted by atomic mass is 10.2. The van der Waals surface area contributed by atoms with E-state index in [9.17, 15) is 4.39 Å². The third kappa shape index (κ3) is 4.53. The van der Waals surface area contributed by atoms with Gasteiger partial charge >= 0.3 is 0 Å². The van der Waals surface area contributed by atoms with E-state index in [0.29, 0.717) is 13.1 Å². The molecule has 6 heteroatoms. The van der Waals surface area contributed by atoms with Crippen molar-refractivity contribution in [2.45, 2.75) is 20.0 Å². The zero-order valence-corrected chi connectivity index (χ0v) is 13.2. The number of halogens is 1. The largest absolute Gasteiger partial charge is 0.352 e. The van der Waals surface area contributed by atoms with Crippen LogP contribution in [0.1, 0.15) is 16.3 Å². The number of rotatable bonds is 4. The summed E-state index contributed by atoms with van der Waals surface area (Å²) >= 11 is 1.64. The summed E-state index contributed by atoms with van der Waals surface area (Å²) < 4.78 is 12.9. The Morgan fingerprint density at radius 3 is 2.67 bits per heavy atom. The van der Waals surface area contributed by atoms with E-state index >= 15 is 0 Å². The van der Waals surface area contributed by atoms with Gasteiger partial charge in [-0.25, -0.2) is 9.37 Å². The summed E-state index contributed by atoms with van der Waals surface area (Å²) in [7, 11) is 3.71. The van der Waals surface area contributed by atoms with Crippen molar-refractivity contribution < 1.29 is 4.39 Å². The Morgan fingerprint density at radius 2 is 2.10 bits per heavy atom. The Bertz CT molecular complexity index is 606. The summed E-state index contributed by atoms with van der Waals surface area (Å²) in [6.07, 6.45) is 0. The molecule has 0 bridgehead atoms. The summed E-state index contributed by atoms with van der Waals surface area (Å²) in [4.78, 5) is 10.7. The fourth-order valence-corrected chi connectivity index (χ4v) is 2.57. The Labute approximate surface area is 128 Å². The average Bonchev–Trinajstić information content (AvgIpc) is 2.87. The highest BCUT2D eigenvalue weighted by Gasteiger charge is 2.08. The van der Waals surface area contributed by atoms with Gasteiger partial charge in [0.15, 0.2) is 5.96 Å².